The van der Waals surface area contributed by atoms with Gasteiger partial charge in [0.2, 0.25) is 0 Å². The largest absolute Gasteiger partial charge is 0.435 e. The molecule has 0 unspecified atom stereocenters. The maximum Gasteiger partial charge on any atom is 0.435 e. The lowest BCUT2D eigenvalue weighted by molar-refractivity contribution is -0.141. The maximum absolute atomic E-state index is 12.9. The number of hydrogen-bond acceptors (Lipinski definition) is 1. The van der Waals surface area contributed by atoms with Gasteiger partial charge < -0.3 is 0 Å². The van der Waals surface area contributed by atoms with Gasteiger partial charge in [0.1, 0.15) is 0 Å². The summed E-state index contributed by atoms with van der Waals surface area (Å²) in [4.78, 5) is 0. The van der Waals surface area contributed by atoms with Gasteiger partial charge >= 0.3 is 6.18 Å². The second kappa shape index (κ2) is 5.21. The van der Waals surface area contributed by atoms with Crippen LogP contribution in [0.4, 0.5) is 13.2 Å². The first kappa shape index (κ1) is 16.2. The third-order valence-electron chi connectivity index (χ3n) is 2.91. The van der Waals surface area contributed by atoms with E-state index < -0.39 is 17.3 Å². The highest BCUT2D eigenvalue weighted by Crippen LogP contribution is 2.35. The van der Waals surface area contributed by atoms with Crippen LogP contribution in [0, 0.1) is 0 Å². The molecule has 114 valence electrons. The first-order valence-corrected chi connectivity index (χ1v) is 6.89. The normalized spacial score (nSPS) is 12.8. The highest BCUT2D eigenvalue weighted by Gasteiger charge is 2.37. The summed E-state index contributed by atoms with van der Waals surface area (Å²) in [7, 11) is 0. The van der Waals surface area contributed by atoms with Gasteiger partial charge in [-0.05, 0) is 24.3 Å². The molecule has 0 aliphatic rings. The fraction of sp³-hybridized carbons (Fsp3) is 0.357. The minimum atomic E-state index is -4.51. The van der Waals surface area contributed by atoms with Gasteiger partial charge in [0.15, 0.2) is 5.69 Å². The molecule has 1 aromatic carbocycles. The van der Waals surface area contributed by atoms with Gasteiger partial charge in [0, 0.05) is 10.4 Å². The van der Waals surface area contributed by atoms with E-state index in [9.17, 15) is 13.2 Å². The van der Waals surface area contributed by atoms with Crippen LogP contribution in [-0.4, -0.2) is 9.78 Å². The Balaban J connectivity index is 2.69. The van der Waals surface area contributed by atoms with Gasteiger partial charge in [-0.3, -0.25) is 0 Å². The number of aromatic nitrogens is 2. The molecular weight excluding hydrogens is 324 g/mol. The van der Waals surface area contributed by atoms with Gasteiger partial charge in [-0.2, -0.15) is 18.3 Å². The van der Waals surface area contributed by atoms with E-state index in [0.29, 0.717) is 16.4 Å². The van der Waals surface area contributed by atoms with Crippen LogP contribution in [0.5, 0.6) is 0 Å². The van der Waals surface area contributed by atoms with Crippen molar-refractivity contribution in [2.45, 2.75) is 32.4 Å². The Hall–Kier alpha value is -1.20. The summed E-state index contributed by atoms with van der Waals surface area (Å²) in [6.45, 7) is 5.43. The van der Waals surface area contributed by atoms with Crippen molar-refractivity contribution in [2.24, 2.45) is 0 Å². The molecule has 1 aromatic heterocycles. The molecule has 1 heterocycles. The van der Waals surface area contributed by atoms with Crippen LogP contribution in [0.1, 0.15) is 32.2 Å². The van der Waals surface area contributed by atoms with E-state index in [1.165, 1.54) is 10.7 Å². The Morgan fingerprint density at radius 1 is 1.05 bits per heavy atom. The molecule has 0 aliphatic carbocycles. The van der Waals surface area contributed by atoms with Gasteiger partial charge in [-0.25, -0.2) is 4.68 Å². The average molecular weight is 337 g/mol. The zero-order valence-corrected chi connectivity index (χ0v) is 13.1. The van der Waals surface area contributed by atoms with Crippen LogP contribution < -0.4 is 0 Å². The summed E-state index contributed by atoms with van der Waals surface area (Å²) in [5.74, 6) is 0. The Kier molecular flexibility index (Phi) is 4.02. The number of benzene rings is 1. The zero-order chi connectivity index (χ0) is 16.0. The molecule has 2 nitrogen and oxygen atoms in total. The van der Waals surface area contributed by atoms with Crippen molar-refractivity contribution >= 4 is 23.2 Å². The average Bonchev–Trinajstić information content (AvgIpc) is 2.72. The maximum atomic E-state index is 12.9. The number of rotatable bonds is 1. The smallest absolute Gasteiger partial charge is 0.235 e. The Morgan fingerprint density at radius 2 is 1.67 bits per heavy atom. The van der Waals surface area contributed by atoms with Gasteiger partial charge in [-0.1, -0.05) is 44.0 Å². The highest BCUT2D eigenvalue weighted by atomic mass is 35.5. The first-order valence-electron chi connectivity index (χ1n) is 6.13. The number of halogens is 5. The second-order valence-electron chi connectivity index (χ2n) is 5.67. The predicted octanol–water partition coefficient (Wildman–Crippen LogP) is 5.50. The molecule has 0 bridgehead atoms. The van der Waals surface area contributed by atoms with Gasteiger partial charge in [-0.15, -0.1) is 0 Å². The molecule has 0 aliphatic heterocycles. The van der Waals surface area contributed by atoms with Gasteiger partial charge in [0.05, 0.1) is 16.4 Å². The van der Waals surface area contributed by atoms with E-state index in [1.807, 2.05) is 20.8 Å². The standard InChI is InChI=1S/C14H13Cl2F3N2/c1-13(2,3)12-7-11(14(17,18)19)20-21(12)10-5-4-8(15)6-9(10)16/h4-7H,1-3H3. The summed E-state index contributed by atoms with van der Waals surface area (Å²) in [5, 5.41) is 4.32. The van der Waals surface area contributed by atoms with E-state index in [1.54, 1.807) is 12.1 Å². The van der Waals surface area contributed by atoms with Crippen LogP contribution in [-0.2, 0) is 11.6 Å². The van der Waals surface area contributed by atoms with Crippen LogP contribution in [0.2, 0.25) is 10.0 Å². The van der Waals surface area contributed by atoms with Crippen LogP contribution in [0.3, 0.4) is 0 Å². The molecule has 0 spiro atoms. The molecule has 0 saturated heterocycles. The number of alkyl halides is 3. The highest BCUT2D eigenvalue weighted by molar-refractivity contribution is 6.35. The van der Waals surface area contributed by atoms with E-state index in [-0.39, 0.29) is 5.02 Å². The van der Waals surface area contributed by atoms with E-state index >= 15 is 0 Å². The lowest BCUT2D eigenvalue weighted by Crippen LogP contribution is -2.17. The molecule has 2 rings (SSSR count). The minimum absolute atomic E-state index is 0.241. The van der Waals surface area contributed by atoms with E-state index in [2.05, 4.69) is 5.10 Å². The van der Waals surface area contributed by atoms with Crippen molar-refractivity contribution in [1.82, 2.24) is 9.78 Å². The fourth-order valence-corrected chi connectivity index (χ4v) is 2.38. The number of hydrogen-bond donors (Lipinski definition) is 0. The van der Waals surface area contributed by atoms with Crippen molar-refractivity contribution in [1.29, 1.82) is 0 Å². The quantitative estimate of drug-likeness (QED) is 0.672. The zero-order valence-electron chi connectivity index (χ0n) is 11.6. The lowest BCUT2D eigenvalue weighted by atomic mass is 9.91. The Labute approximate surface area is 130 Å². The molecule has 2 aromatic rings. The summed E-state index contributed by atoms with van der Waals surface area (Å²) in [6, 6.07) is 5.63. The van der Waals surface area contributed by atoms with Crippen molar-refractivity contribution in [3.8, 4) is 5.69 Å². The lowest BCUT2D eigenvalue weighted by Gasteiger charge is -2.20. The van der Waals surface area contributed by atoms with Gasteiger partial charge in [0.25, 0.3) is 0 Å². The van der Waals surface area contributed by atoms with Crippen molar-refractivity contribution in [3.63, 3.8) is 0 Å². The van der Waals surface area contributed by atoms with E-state index in [0.717, 1.165) is 6.07 Å². The molecule has 0 radical (unpaired) electrons. The van der Waals surface area contributed by atoms with Crippen molar-refractivity contribution in [3.05, 3.63) is 45.7 Å². The summed E-state index contributed by atoms with van der Waals surface area (Å²) < 4.78 is 40.0. The third-order valence-corrected chi connectivity index (χ3v) is 3.44. The fourth-order valence-electron chi connectivity index (χ4n) is 1.89. The minimum Gasteiger partial charge on any atom is -0.235 e. The first-order chi connectivity index (χ1) is 9.50. The summed E-state index contributed by atoms with van der Waals surface area (Å²) in [6.07, 6.45) is -4.51. The van der Waals surface area contributed by atoms with Crippen LogP contribution in [0.15, 0.2) is 24.3 Å². The molecule has 0 atom stereocenters. The molecule has 0 amide bonds. The molecule has 21 heavy (non-hydrogen) atoms. The molecule has 7 heteroatoms. The van der Waals surface area contributed by atoms with Crippen LogP contribution in [0.25, 0.3) is 5.69 Å². The summed E-state index contributed by atoms with van der Waals surface area (Å²) in [5.41, 5.74) is -0.696. The SMILES string of the molecule is CC(C)(C)c1cc(C(F)(F)F)nn1-c1ccc(Cl)cc1Cl. The number of nitrogens with zero attached hydrogens (tertiary/aromatic N) is 2. The third kappa shape index (κ3) is 3.35. The molecule has 0 saturated carbocycles. The Bertz CT molecular complexity index is 670. The topological polar surface area (TPSA) is 17.8 Å². The predicted molar refractivity (Wildman–Crippen MR) is 77.3 cm³/mol. The van der Waals surface area contributed by atoms with Crippen molar-refractivity contribution < 1.29 is 13.2 Å². The molecule has 0 N–H and O–H groups in total. The van der Waals surface area contributed by atoms with Crippen molar-refractivity contribution in [2.75, 3.05) is 0 Å². The molecule has 0 fully saturated rings. The summed E-state index contributed by atoms with van der Waals surface area (Å²) >= 11 is 11.9. The van der Waals surface area contributed by atoms with Crippen LogP contribution >= 0.6 is 23.2 Å². The molecular formula is C14H13Cl2F3N2. The second-order valence-corrected chi connectivity index (χ2v) is 6.51. The Morgan fingerprint density at radius 3 is 2.14 bits per heavy atom. The van der Waals surface area contributed by atoms with E-state index in [4.69, 9.17) is 23.2 Å². The monoisotopic (exact) mass is 336 g/mol.